The largest absolute Gasteiger partial charge is 0.497 e. The van der Waals surface area contributed by atoms with Gasteiger partial charge in [0.05, 0.1) is 13.7 Å². The van der Waals surface area contributed by atoms with E-state index >= 15 is 0 Å². The molecule has 3 aromatic rings. The van der Waals surface area contributed by atoms with Gasteiger partial charge in [0.25, 0.3) is 5.56 Å². The van der Waals surface area contributed by atoms with Gasteiger partial charge in [0.2, 0.25) is 0 Å². The Bertz CT molecular complexity index is 1080. The van der Waals surface area contributed by atoms with Crippen molar-refractivity contribution >= 4 is 23.1 Å². The minimum absolute atomic E-state index is 0.0542. The third-order valence-electron chi connectivity index (χ3n) is 4.67. The molecule has 1 N–H and O–H groups in total. The van der Waals surface area contributed by atoms with Gasteiger partial charge in [-0.3, -0.25) is 9.48 Å². The van der Waals surface area contributed by atoms with Gasteiger partial charge in [-0.15, -0.1) is 0 Å². The number of aromatic amines is 1. The van der Waals surface area contributed by atoms with E-state index in [-0.39, 0.29) is 11.0 Å². The van der Waals surface area contributed by atoms with E-state index in [2.05, 4.69) is 42.2 Å². The fourth-order valence-electron chi connectivity index (χ4n) is 3.14. The van der Waals surface area contributed by atoms with E-state index in [1.807, 2.05) is 41.2 Å². The van der Waals surface area contributed by atoms with Crippen LogP contribution in [0.2, 0.25) is 0 Å². The SMILES string of the molecule is COc1ccc(Cn2cc3c4c([nH]c(=O)c3n2)C=CC(C)(C)C=C4)cc1. The number of hydrogen-bond acceptors (Lipinski definition) is 3. The first-order chi connectivity index (χ1) is 12.4. The van der Waals surface area contributed by atoms with Crippen LogP contribution in [0.3, 0.4) is 0 Å². The summed E-state index contributed by atoms with van der Waals surface area (Å²) in [5.41, 5.74) is 3.18. The summed E-state index contributed by atoms with van der Waals surface area (Å²) in [5, 5.41) is 5.38. The standard InChI is InChI=1S/C21H21N3O2/c1-21(2)10-8-16-17-13-24(12-14-4-6-15(26-3)7-5-14)23-19(17)20(25)22-18(16)9-11-21/h4-11,13H,12H2,1-3H3,(H,22,25). The molecule has 1 aromatic carbocycles. The number of benzene rings is 1. The highest BCUT2D eigenvalue weighted by Crippen LogP contribution is 2.29. The summed E-state index contributed by atoms with van der Waals surface area (Å²) in [6, 6.07) is 7.85. The number of aromatic nitrogens is 3. The third-order valence-corrected chi connectivity index (χ3v) is 4.67. The predicted molar refractivity (Wildman–Crippen MR) is 104 cm³/mol. The summed E-state index contributed by atoms with van der Waals surface area (Å²) in [5.74, 6) is 0.820. The number of hydrogen-bond donors (Lipinski definition) is 1. The van der Waals surface area contributed by atoms with Crippen LogP contribution >= 0.6 is 0 Å². The van der Waals surface area contributed by atoms with E-state index in [0.29, 0.717) is 12.1 Å². The summed E-state index contributed by atoms with van der Waals surface area (Å²) in [4.78, 5) is 15.4. The highest BCUT2D eigenvalue weighted by atomic mass is 16.5. The van der Waals surface area contributed by atoms with E-state index < -0.39 is 0 Å². The quantitative estimate of drug-likeness (QED) is 0.783. The van der Waals surface area contributed by atoms with Crippen molar-refractivity contribution in [2.24, 2.45) is 5.41 Å². The van der Waals surface area contributed by atoms with Crippen molar-refractivity contribution < 1.29 is 4.74 Å². The van der Waals surface area contributed by atoms with E-state index in [0.717, 1.165) is 28.0 Å². The van der Waals surface area contributed by atoms with Crippen LogP contribution < -0.4 is 10.3 Å². The van der Waals surface area contributed by atoms with Crippen molar-refractivity contribution in [3.63, 3.8) is 0 Å². The number of allylic oxidation sites excluding steroid dienone is 2. The van der Waals surface area contributed by atoms with Crippen LogP contribution in [0.15, 0.2) is 47.4 Å². The Morgan fingerprint density at radius 1 is 1.15 bits per heavy atom. The normalized spacial score (nSPS) is 15.0. The van der Waals surface area contributed by atoms with E-state index in [9.17, 15) is 4.79 Å². The molecule has 132 valence electrons. The number of fused-ring (bicyclic) bond motifs is 3. The molecule has 0 amide bonds. The molecule has 4 rings (SSSR count). The lowest BCUT2D eigenvalue weighted by molar-refractivity contribution is 0.414. The fraction of sp³-hybridized carbons (Fsp3) is 0.238. The Balaban J connectivity index is 1.78. The molecule has 26 heavy (non-hydrogen) atoms. The van der Waals surface area contributed by atoms with Crippen molar-refractivity contribution in [3.05, 3.63) is 69.8 Å². The van der Waals surface area contributed by atoms with Crippen LogP contribution in [0.25, 0.3) is 23.1 Å². The molecule has 5 heteroatoms. The second kappa shape index (κ2) is 6.02. The molecule has 2 aromatic heterocycles. The molecule has 0 atom stereocenters. The van der Waals surface area contributed by atoms with E-state index in [1.165, 1.54) is 0 Å². The van der Waals surface area contributed by atoms with E-state index in [4.69, 9.17) is 4.74 Å². The smallest absolute Gasteiger partial charge is 0.276 e. The summed E-state index contributed by atoms with van der Waals surface area (Å²) >= 11 is 0. The van der Waals surface area contributed by atoms with Crippen LogP contribution in [0.4, 0.5) is 0 Å². The van der Waals surface area contributed by atoms with Gasteiger partial charge in [0.1, 0.15) is 5.75 Å². The molecule has 0 aliphatic heterocycles. The molecule has 0 spiro atoms. The Morgan fingerprint density at radius 2 is 1.88 bits per heavy atom. The van der Waals surface area contributed by atoms with Crippen molar-refractivity contribution in [2.45, 2.75) is 20.4 Å². The molecular weight excluding hydrogens is 326 g/mol. The number of H-pyrrole nitrogens is 1. The minimum Gasteiger partial charge on any atom is -0.497 e. The number of pyridine rings is 1. The zero-order valence-electron chi connectivity index (χ0n) is 15.1. The van der Waals surface area contributed by atoms with Gasteiger partial charge < -0.3 is 9.72 Å². The summed E-state index contributed by atoms with van der Waals surface area (Å²) in [7, 11) is 1.65. The molecule has 0 fully saturated rings. The zero-order valence-corrected chi connectivity index (χ0v) is 15.1. The molecule has 0 saturated heterocycles. The number of methoxy groups -OCH3 is 1. The van der Waals surface area contributed by atoms with Crippen molar-refractivity contribution in [1.82, 2.24) is 14.8 Å². The number of rotatable bonds is 3. The van der Waals surface area contributed by atoms with Gasteiger partial charge in [-0.2, -0.15) is 5.10 Å². The van der Waals surface area contributed by atoms with Gasteiger partial charge in [-0.1, -0.05) is 44.2 Å². The second-order valence-electron chi connectivity index (χ2n) is 7.21. The second-order valence-corrected chi connectivity index (χ2v) is 7.21. The number of nitrogens with one attached hydrogen (secondary N) is 1. The molecular formula is C21H21N3O2. The molecule has 0 saturated carbocycles. The maximum Gasteiger partial charge on any atom is 0.276 e. The summed E-state index contributed by atoms with van der Waals surface area (Å²) < 4.78 is 7.01. The predicted octanol–water partition coefficient (Wildman–Crippen LogP) is 3.85. The molecule has 1 aliphatic rings. The molecule has 0 radical (unpaired) electrons. The molecule has 0 unspecified atom stereocenters. The molecule has 0 bridgehead atoms. The lowest BCUT2D eigenvalue weighted by Gasteiger charge is -2.11. The van der Waals surface area contributed by atoms with E-state index in [1.54, 1.807) is 7.11 Å². The van der Waals surface area contributed by atoms with Crippen LogP contribution in [-0.2, 0) is 6.54 Å². The van der Waals surface area contributed by atoms with Gasteiger partial charge in [0.15, 0.2) is 5.52 Å². The topological polar surface area (TPSA) is 59.9 Å². The third kappa shape index (κ3) is 2.96. The minimum atomic E-state index is -0.162. The lowest BCUT2D eigenvalue weighted by Crippen LogP contribution is -2.10. The molecule has 1 aliphatic carbocycles. The number of nitrogens with zero attached hydrogens (tertiary/aromatic N) is 2. The first-order valence-electron chi connectivity index (χ1n) is 8.60. The summed E-state index contributed by atoms with van der Waals surface area (Å²) in [6.45, 7) is 4.86. The van der Waals surface area contributed by atoms with Gasteiger partial charge in [-0.25, -0.2) is 0 Å². The highest BCUT2D eigenvalue weighted by molar-refractivity contribution is 5.90. The maximum atomic E-state index is 12.5. The Hall–Kier alpha value is -3.08. The van der Waals surface area contributed by atoms with Gasteiger partial charge in [-0.05, 0) is 23.8 Å². The first-order valence-corrected chi connectivity index (χ1v) is 8.60. The van der Waals surface area contributed by atoms with Crippen LogP contribution in [0.1, 0.15) is 30.7 Å². The van der Waals surface area contributed by atoms with Crippen molar-refractivity contribution in [3.8, 4) is 5.75 Å². The average molecular weight is 347 g/mol. The monoisotopic (exact) mass is 347 g/mol. The maximum absolute atomic E-state index is 12.5. The Kier molecular flexibility index (Phi) is 3.80. The summed E-state index contributed by atoms with van der Waals surface area (Å²) in [6.07, 6.45) is 10.3. The Morgan fingerprint density at radius 3 is 2.62 bits per heavy atom. The van der Waals surface area contributed by atoms with Crippen molar-refractivity contribution in [2.75, 3.05) is 7.11 Å². The average Bonchev–Trinajstić information content (AvgIpc) is 2.97. The van der Waals surface area contributed by atoms with Gasteiger partial charge in [0, 0.05) is 28.3 Å². The number of ether oxygens (including phenoxy) is 1. The first kappa shape index (κ1) is 16.4. The van der Waals surface area contributed by atoms with Gasteiger partial charge >= 0.3 is 0 Å². The molecule has 5 nitrogen and oxygen atoms in total. The van der Waals surface area contributed by atoms with Crippen LogP contribution in [-0.4, -0.2) is 21.9 Å². The van der Waals surface area contributed by atoms with Crippen LogP contribution in [0.5, 0.6) is 5.75 Å². The zero-order chi connectivity index (χ0) is 18.3. The molecule has 2 heterocycles. The van der Waals surface area contributed by atoms with Crippen LogP contribution in [0, 0.1) is 5.41 Å². The highest BCUT2D eigenvalue weighted by Gasteiger charge is 2.17. The Labute approximate surface area is 151 Å². The van der Waals surface area contributed by atoms with Crippen molar-refractivity contribution in [1.29, 1.82) is 0 Å². The fourth-order valence-corrected chi connectivity index (χ4v) is 3.14. The lowest BCUT2D eigenvalue weighted by atomic mass is 9.93.